The average molecular weight is 621 g/mol. The zero-order chi connectivity index (χ0) is 31.2. The van der Waals surface area contributed by atoms with E-state index < -0.39 is 62.4 Å². The van der Waals surface area contributed by atoms with Gasteiger partial charge < -0.3 is 14.4 Å². The molecule has 1 aliphatic carbocycles. The highest BCUT2D eigenvalue weighted by Gasteiger charge is 2.37. The Bertz CT molecular complexity index is 1390. The standard InChI is InChI=1S/C28H33F5N2O6S/c1-4-6-12-40-20-14-18(10-11-19(20)28(37)41-13-7-5-2)35(15-17-8-9-17)21(36)16-34(3)42(38,39)27-25(32)23(30)22(29)24(31)26(27)33/h10-11,14,17H,4-9,12-13,15-16H2,1-3H3. The Morgan fingerprint density at radius 1 is 0.905 bits per heavy atom. The molecule has 1 amide bonds. The summed E-state index contributed by atoms with van der Waals surface area (Å²) in [5.41, 5.74) is 0.390. The quantitative estimate of drug-likeness (QED) is 0.0849. The lowest BCUT2D eigenvalue weighted by molar-refractivity contribution is -0.118. The number of benzene rings is 2. The van der Waals surface area contributed by atoms with Gasteiger partial charge in [0.15, 0.2) is 28.2 Å². The van der Waals surface area contributed by atoms with Crippen LogP contribution in [-0.4, -0.2) is 58.0 Å². The lowest BCUT2D eigenvalue weighted by Gasteiger charge is -2.26. The molecule has 2 aromatic rings. The van der Waals surface area contributed by atoms with Gasteiger partial charge in [0.2, 0.25) is 21.7 Å². The van der Waals surface area contributed by atoms with Gasteiger partial charge in [0.05, 0.1) is 19.8 Å². The normalized spacial score (nSPS) is 13.4. The second-order valence-electron chi connectivity index (χ2n) is 9.98. The van der Waals surface area contributed by atoms with Gasteiger partial charge in [0, 0.05) is 25.3 Å². The van der Waals surface area contributed by atoms with E-state index in [-0.39, 0.29) is 47.0 Å². The predicted molar refractivity (Wildman–Crippen MR) is 143 cm³/mol. The van der Waals surface area contributed by atoms with Crippen molar-refractivity contribution in [2.75, 3.05) is 38.3 Å². The van der Waals surface area contributed by atoms with E-state index in [1.54, 1.807) is 0 Å². The molecule has 3 rings (SSSR count). The van der Waals surface area contributed by atoms with Crippen LogP contribution in [-0.2, 0) is 19.6 Å². The van der Waals surface area contributed by atoms with Gasteiger partial charge in [-0.2, -0.15) is 4.31 Å². The van der Waals surface area contributed by atoms with Crippen molar-refractivity contribution in [2.45, 2.75) is 57.3 Å². The van der Waals surface area contributed by atoms with Crippen molar-refractivity contribution in [3.05, 3.63) is 52.8 Å². The maximum Gasteiger partial charge on any atom is 0.341 e. The van der Waals surface area contributed by atoms with Crippen molar-refractivity contribution in [2.24, 2.45) is 5.92 Å². The number of unbranched alkanes of at least 4 members (excludes halogenated alkanes) is 2. The molecular weight excluding hydrogens is 587 g/mol. The average Bonchev–Trinajstić information content (AvgIpc) is 3.78. The summed E-state index contributed by atoms with van der Waals surface area (Å²) in [6, 6.07) is 4.33. The smallest absolute Gasteiger partial charge is 0.341 e. The molecule has 0 N–H and O–H groups in total. The lowest BCUT2D eigenvalue weighted by Crippen LogP contribution is -2.42. The monoisotopic (exact) mass is 620 g/mol. The number of ether oxygens (including phenoxy) is 2. The minimum atomic E-state index is -5.33. The molecule has 0 aromatic heterocycles. The van der Waals surface area contributed by atoms with Crippen LogP contribution in [0.1, 0.15) is 62.7 Å². The number of likely N-dealkylation sites (N-methyl/N-ethyl adjacent to an activating group) is 1. The van der Waals surface area contributed by atoms with Gasteiger partial charge in [-0.25, -0.2) is 35.2 Å². The second kappa shape index (κ2) is 14.3. The summed E-state index contributed by atoms with van der Waals surface area (Å²) in [6.07, 6.45) is 4.57. The molecule has 1 fully saturated rings. The molecule has 0 saturated heterocycles. The van der Waals surface area contributed by atoms with E-state index in [4.69, 9.17) is 9.47 Å². The number of anilines is 1. The number of carbonyl (C=O) groups excluding carboxylic acids is 2. The SMILES string of the molecule is CCCCOC(=O)c1ccc(N(CC2CC2)C(=O)CN(C)S(=O)(=O)c2c(F)c(F)c(F)c(F)c2F)cc1OCCCC. The van der Waals surface area contributed by atoms with Crippen molar-refractivity contribution in [1.82, 2.24) is 4.31 Å². The molecule has 14 heteroatoms. The molecule has 1 aliphatic rings. The second-order valence-corrected chi connectivity index (χ2v) is 12.0. The molecule has 1 saturated carbocycles. The molecule has 232 valence electrons. The van der Waals surface area contributed by atoms with Gasteiger partial charge in [-0.15, -0.1) is 0 Å². The van der Waals surface area contributed by atoms with Crippen LogP contribution in [0, 0.1) is 35.0 Å². The van der Waals surface area contributed by atoms with Crippen molar-refractivity contribution >= 4 is 27.6 Å². The van der Waals surface area contributed by atoms with Crippen LogP contribution >= 0.6 is 0 Å². The Hall–Kier alpha value is -3.26. The third-order valence-electron chi connectivity index (χ3n) is 6.62. The molecule has 0 spiro atoms. The molecule has 0 unspecified atom stereocenters. The van der Waals surface area contributed by atoms with Crippen LogP contribution in [0.5, 0.6) is 5.75 Å². The van der Waals surface area contributed by atoms with Gasteiger partial charge in [0.25, 0.3) is 0 Å². The largest absolute Gasteiger partial charge is 0.493 e. The van der Waals surface area contributed by atoms with Crippen molar-refractivity contribution < 1.29 is 49.4 Å². The Labute approximate surface area is 241 Å². The summed E-state index contributed by atoms with van der Waals surface area (Å²) in [5, 5.41) is 0. The van der Waals surface area contributed by atoms with Gasteiger partial charge in [-0.05, 0) is 43.7 Å². The van der Waals surface area contributed by atoms with Crippen molar-refractivity contribution in [3.8, 4) is 5.75 Å². The number of hydrogen-bond donors (Lipinski definition) is 0. The Kier molecular flexibility index (Phi) is 11.3. The Morgan fingerprint density at radius 2 is 1.48 bits per heavy atom. The van der Waals surface area contributed by atoms with E-state index in [0.717, 1.165) is 32.7 Å². The summed E-state index contributed by atoms with van der Waals surface area (Å²) < 4.78 is 107. The molecule has 0 heterocycles. The topological polar surface area (TPSA) is 93.2 Å². The van der Waals surface area contributed by atoms with Gasteiger partial charge in [0.1, 0.15) is 11.3 Å². The number of rotatable bonds is 15. The van der Waals surface area contributed by atoms with E-state index >= 15 is 0 Å². The van der Waals surface area contributed by atoms with E-state index in [1.165, 1.54) is 23.1 Å². The van der Waals surface area contributed by atoms with Crippen LogP contribution < -0.4 is 9.64 Å². The first-order valence-corrected chi connectivity index (χ1v) is 15.0. The van der Waals surface area contributed by atoms with Crippen molar-refractivity contribution in [1.29, 1.82) is 0 Å². The summed E-state index contributed by atoms with van der Waals surface area (Å²) in [7, 11) is -4.55. The van der Waals surface area contributed by atoms with Gasteiger partial charge in [-0.3, -0.25) is 4.79 Å². The van der Waals surface area contributed by atoms with Gasteiger partial charge in [-0.1, -0.05) is 26.7 Å². The van der Waals surface area contributed by atoms with Crippen LogP contribution in [0.15, 0.2) is 23.1 Å². The molecule has 2 aromatic carbocycles. The van der Waals surface area contributed by atoms with E-state index in [1.807, 2.05) is 13.8 Å². The fourth-order valence-electron chi connectivity index (χ4n) is 3.92. The van der Waals surface area contributed by atoms with Crippen molar-refractivity contribution in [3.63, 3.8) is 0 Å². The number of hydrogen-bond acceptors (Lipinski definition) is 6. The summed E-state index contributed by atoms with van der Waals surface area (Å²) in [5.74, 6) is -13.6. The zero-order valence-corrected chi connectivity index (χ0v) is 24.3. The van der Waals surface area contributed by atoms with Crippen LogP contribution in [0.3, 0.4) is 0 Å². The molecule has 0 aliphatic heterocycles. The Morgan fingerprint density at radius 3 is 2.05 bits per heavy atom. The first-order valence-electron chi connectivity index (χ1n) is 13.6. The summed E-state index contributed by atoms with van der Waals surface area (Å²) in [4.78, 5) is 25.3. The summed E-state index contributed by atoms with van der Waals surface area (Å²) in [6.45, 7) is 3.55. The molecule has 0 bridgehead atoms. The molecule has 0 radical (unpaired) electrons. The number of amides is 1. The minimum absolute atomic E-state index is 0.0918. The van der Waals surface area contributed by atoms with E-state index in [0.29, 0.717) is 12.8 Å². The first kappa shape index (κ1) is 33.2. The third kappa shape index (κ3) is 7.57. The number of nitrogens with zero attached hydrogens (tertiary/aromatic N) is 2. The van der Waals surface area contributed by atoms with Gasteiger partial charge >= 0.3 is 5.97 Å². The maximum atomic E-state index is 14.3. The molecule has 0 atom stereocenters. The fraction of sp³-hybridized carbons (Fsp3) is 0.500. The summed E-state index contributed by atoms with van der Waals surface area (Å²) >= 11 is 0. The van der Waals surface area contributed by atoms with Crippen LogP contribution in [0.2, 0.25) is 0 Å². The van der Waals surface area contributed by atoms with Crippen LogP contribution in [0.25, 0.3) is 0 Å². The molecule has 42 heavy (non-hydrogen) atoms. The third-order valence-corrected chi connectivity index (χ3v) is 8.44. The minimum Gasteiger partial charge on any atom is -0.493 e. The van der Waals surface area contributed by atoms with E-state index in [9.17, 15) is 40.0 Å². The number of carbonyl (C=O) groups is 2. The Balaban J connectivity index is 1.93. The highest BCUT2D eigenvalue weighted by Crippen LogP contribution is 2.34. The highest BCUT2D eigenvalue weighted by atomic mass is 32.2. The first-order chi connectivity index (χ1) is 19.8. The zero-order valence-electron chi connectivity index (χ0n) is 23.5. The lowest BCUT2D eigenvalue weighted by atomic mass is 10.1. The molecule has 8 nitrogen and oxygen atoms in total. The van der Waals surface area contributed by atoms with E-state index in [2.05, 4.69) is 0 Å². The number of esters is 1. The van der Waals surface area contributed by atoms with Crippen LogP contribution in [0.4, 0.5) is 27.6 Å². The number of halogens is 5. The number of sulfonamides is 1. The maximum absolute atomic E-state index is 14.3. The fourth-order valence-corrected chi connectivity index (χ4v) is 5.14. The predicted octanol–water partition coefficient (Wildman–Crippen LogP) is 5.58. The highest BCUT2D eigenvalue weighted by molar-refractivity contribution is 7.89. The molecular formula is C28H33F5N2O6S.